The predicted molar refractivity (Wildman–Crippen MR) is 46.1 cm³/mol. The molecule has 70 valence electrons. The van der Waals surface area contributed by atoms with Crippen molar-refractivity contribution in [2.75, 3.05) is 7.11 Å². The second-order valence-corrected chi connectivity index (χ2v) is 3.48. The molecule has 0 radical (unpaired) electrons. The third-order valence-corrected chi connectivity index (χ3v) is 1.73. The van der Waals surface area contributed by atoms with Crippen LogP contribution in [0.1, 0.15) is 20.3 Å². The van der Waals surface area contributed by atoms with E-state index in [1.807, 2.05) is 13.8 Å². The molecule has 0 aromatic carbocycles. The van der Waals surface area contributed by atoms with E-state index in [1.54, 1.807) is 0 Å². The Bertz CT molecular complexity index is 177. The van der Waals surface area contributed by atoms with Crippen molar-refractivity contribution < 1.29 is 14.3 Å². The molecule has 1 unspecified atom stereocenters. The number of rotatable bonds is 4. The maximum absolute atomic E-state index is 11.0. The van der Waals surface area contributed by atoms with Crippen LogP contribution in [0.15, 0.2) is 0 Å². The Hall–Kier alpha value is -0.570. The fourth-order valence-corrected chi connectivity index (χ4v) is 1.19. The van der Waals surface area contributed by atoms with E-state index < -0.39 is 17.1 Å². The lowest BCUT2D eigenvalue weighted by Crippen LogP contribution is -2.26. The molecule has 4 heteroatoms. The Labute approximate surface area is 77.0 Å². The van der Waals surface area contributed by atoms with Crippen molar-refractivity contribution in [1.82, 2.24) is 0 Å². The lowest BCUT2D eigenvalue weighted by Gasteiger charge is -2.08. The highest BCUT2D eigenvalue weighted by atomic mass is 35.5. The second-order valence-electron chi connectivity index (χ2n) is 2.95. The molecule has 0 fully saturated rings. The number of alkyl halides is 1. The first-order valence-corrected chi connectivity index (χ1v) is 4.19. The number of hydrogen-bond donors (Lipinski definition) is 0. The zero-order valence-electron chi connectivity index (χ0n) is 7.46. The molecule has 0 aromatic rings. The van der Waals surface area contributed by atoms with Gasteiger partial charge in [-0.3, -0.25) is 4.79 Å². The van der Waals surface area contributed by atoms with Gasteiger partial charge in [0.15, 0.2) is 0 Å². The summed E-state index contributed by atoms with van der Waals surface area (Å²) in [6, 6.07) is 0. The Morgan fingerprint density at radius 3 is 2.25 bits per heavy atom. The van der Waals surface area contributed by atoms with Crippen molar-refractivity contribution in [3.63, 3.8) is 0 Å². The fourth-order valence-electron chi connectivity index (χ4n) is 0.749. The molecule has 0 N–H and O–H groups in total. The van der Waals surface area contributed by atoms with Crippen molar-refractivity contribution in [3.05, 3.63) is 0 Å². The van der Waals surface area contributed by atoms with Gasteiger partial charge >= 0.3 is 5.97 Å². The number of carbonyl (C=O) groups is 2. The molecule has 0 aliphatic rings. The van der Waals surface area contributed by atoms with Crippen LogP contribution in [0.25, 0.3) is 0 Å². The monoisotopic (exact) mass is 192 g/mol. The summed E-state index contributed by atoms with van der Waals surface area (Å²) >= 11 is 5.65. The zero-order valence-corrected chi connectivity index (χ0v) is 8.22. The molecule has 0 saturated carbocycles. The number of hydrogen-bond acceptors (Lipinski definition) is 3. The summed E-state index contributed by atoms with van der Waals surface area (Å²) in [4.78, 5) is 21.7. The number of Topliss-reactive ketones (excluding diaryl/α,β-unsaturated/α-hetero) is 1. The number of halogens is 1. The smallest absolute Gasteiger partial charge is 0.375 e. The lowest BCUT2D eigenvalue weighted by atomic mass is 10.1. The summed E-state index contributed by atoms with van der Waals surface area (Å²) in [5.74, 6) is -1.23. The van der Waals surface area contributed by atoms with Gasteiger partial charge in [0.25, 0.3) is 5.78 Å². The average Bonchev–Trinajstić information content (AvgIpc) is 2.00. The Morgan fingerprint density at radius 2 is 1.92 bits per heavy atom. The molecule has 1 atom stereocenters. The molecular weight excluding hydrogens is 180 g/mol. The summed E-state index contributed by atoms with van der Waals surface area (Å²) < 4.78 is 4.24. The predicted octanol–water partition coefficient (Wildman–Crippen LogP) is 1.38. The van der Waals surface area contributed by atoms with E-state index >= 15 is 0 Å². The van der Waals surface area contributed by atoms with E-state index in [2.05, 4.69) is 4.74 Å². The van der Waals surface area contributed by atoms with Crippen LogP contribution in [-0.4, -0.2) is 24.2 Å². The van der Waals surface area contributed by atoms with Crippen LogP contribution < -0.4 is 0 Å². The molecule has 0 spiro atoms. The van der Waals surface area contributed by atoms with E-state index in [9.17, 15) is 9.59 Å². The van der Waals surface area contributed by atoms with E-state index in [0.29, 0.717) is 12.3 Å². The van der Waals surface area contributed by atoms with Crippen molar-refractivity contribution in [1.29, 1.82) is 0 Å². The molecule has 3 nitrogen and oxygen atoms in total. The first kappa shape index (κ1) is 11.4. The van der Waals surface area contributed by atoms with Crippen molar-refractivity contribution >= 4 is 23.4 Å². The topological polar surface area (TPSA) is 43.4 Å². The first-order chi connectivity index (χ1) is 5.49. The van der Waals surface area contributed by atoms with E-state index in [1.165, 1.54) is 7.11 Å². The van der Waals surface area contributed by atoms with Crippen LogP contribution in [0.2, 0.25) is 0 Å². The molecule has 0 rings (SSSR count). The minimum atomic E-state index is -0.865. The highest BCUT2D eigenvalue weighted by Crippen LogP contribution is 2.11. The van der Waals surface area contributed by atoms with Crippen LogP contribution in [0.4, 0.5) is 0 Å². The minimum absolute atomic E-state index is 0.293. The van der Waals surface area contributed by atoms with Gasteiger partial charge in [-0.05, 0) is 12.3 Å². The maximum atomic E-state index is 11.0. The zero-order chi connectivity index (χ0) is 9.72. The fraction of sp³-hybridized carbons (Fsp3) is 0.750. The van der Waals surface area contributed by atoms with Gasteiger partial charge < -0.3 is 4.74 Å². The van der Waals surface area contributed by atoms with Gasteiger partial charge in [0.1, 0.15) is 5.38 Å². The highest BCUT2D eigenvalue weighted by Gasteiger charge is 2.24. The first-order valence-electron chi connectivity index (χ1n) is 3.75. The number of ether oxygens (including phenoxy) is 1. The van der Waals surface area contributed by atoms with E-state index in [4.69, 9.17) is 11.6 Å². The molecule has 0 amide bonds. The van der Waals surface area contributed by atoms with Crippen LogP contribution in [0.3, 0.4) is 0 Å². The van der Waals surface area contributed by atoms with Gasteiger partial charge in [0, 0.05) is 0 Å². The Kier molecular flexibility index (Phi) is 4.90. The quantitative estimate of drug-likeness (QED) is 0.384. The molecule has 12 heavy (non-hydrogen) atoms. The average molecular weight is 193 g/mol. The number of esters is 1. The Morgan fingerprint density at radius 1 is 1.42 bits per heavy atom. The van der Waals surface area contributed by atoms with Crippen LogP contribution in [0.5, 0.6) is 0 Å². The van der Waals surface area contributed by atoms with E-state index in [0.717, 1.165) is 0 Å². The summed E-state index contributed by atoms with van der Waals surface area (Å²) in [6.45, 7) is 3.86. The van der Waals surface area contributed by atoms with Crippen LogP contribution >= 0.6 is 11.6 Å². The molecule has 0 aliphatic carbocycles. The molecule has 0 aromatic heterocycles. The highest BCUT2D eigenvalue weighted by molar-refractivity contribution is 6.47. The SMILES string of the molecule is COC(=O)C(=O)C(Cl)CC(C)C. The largest absolute Gasteiger partial charge is 0.463 e. The van der Waals surface area contributed by atoms with Gasteiger partial charge in [0.2, 0.25) is 0 Å². The normalized spacial score (nSPS) is 12.8. The molecule has 0 saturated heterocycles. The summed E-state index contributed by atoms with van der Waals surface area (Å²) in [6.07, 6.45) is 0.496. The third kappa shape index (κ3) is 3.72. The summed E-state index contributed by atoms with van der Waals surface area (Å²) in [5.41, 5.74) is 0. The van der Waals surface area contributed by atoms with E-state index in [-0.39, 0.29) is 0 Å². The summed E-state index contributed by atoms with van der Waals surface area (Å²) in [5, 5.41) is -0.752. The molecular formula is C8H13ClO3. The molecule has 0 bridgehead atoms. The number of methoxy groups -OCH3 is 1. The van der Waals surface area contributed by atoms with Crippen molar-refractivity contribution in [2.24, 2.45) is 5.92 Å². The van der Waals surface area contributed by atoms with Gasteiger partial charge in [-0.2, -0.15) is 0 Å². The maximum Gasteiger partial charge on any atom is 0.375 e. The second kappa shape index (κ2) is 5.14. The van der Waals surface area contributed by atoms with Crippen LogP contribution in [-0.2, 0) is 14.3 Å². The number of ketones is 1. The van der Waals surface area contributed by atoms with Gasteiger partial charge in [-0.25, -0.2) is 4.79 Å². The summed E-state index contributed by atoms with van der Waals surface area (Å²) in [7, 11) is 1.17. The molecule has 0 aliphatic heterocycles. The van der Waals surface area contributed by atoms with Gasteiger partial charge in [-0.1, -0.05) is 13.8 Å². The third-order valence-electron chi connectivity index (χ3n) is 1.35. The van der Waals surface area contributed by atoms with Crippen LogP contribution in [0, 0.1) is 5.92 Å². The number of carbonyl (C=O) groups excluding carboxylic acids is 2. The van der Waals surface area contributed by atoms with Gasteiger partial charge in [0.05, 0.1) is 7.11 Å². The Balaban J connectivity index is 4.01. The molecule has 0 heterocycles. The minimum Gasteiger partial charge on any atom is -0.463 e. The van der Waals surface area contributed by atoms with Crippen molar-refractivity contribution in [2.45, 2.75) is 25.6 Å². The lowest BCUT2D eigenvalue weighted by molar-refractivity contribution is -0.151. The van der Waals surface area contributed by atoms with Gasteiger partial charge in [-0.15, -0.1) is 11.6 Å². The van der Waals surface area contributed by atoms with Crippen molar-refractivity contribution in [3.8, 4) is 0 Å². The standard InChI is InChI=1S/C8H13ClO3/c1-5(2)4-6(9)7(10)8(11)12-3/h5-6H,4H2,1-3H3.